The van der Waals surface area contributed by atoms with Gasteiger partial charge in [-0.15, -0.1) is 0 Å². The van der Waals surface area contributed by atoms with Gasteiger partial charge in [0.25, 0.3) is 0 Å². The number of benzene rings is 1. The summed E-state index contributed by atoms with van der Waals surface area (Å²) in [6, 6.07) is 6.93. The van der Waals surface area contributed by atoms with Gasteiger partial charge in [-0.3, -0.25) is 10.1 Å². The topological polar surface area (TPSA) is 69.7 Å². The van der Waals surface area contributed by atoms with Gasteiger partial charge in [0, 0.05) is 19.1 Å². The highest BCUT2D eigenvalue weighted by Gasteiger charge is 2.54. The van der Waals surface area contributed by atoms with E-state index in [-0.39, 0.29) is 23.9 Å². The van der Waals surface area contributed by atoms with Gasteiger partial charge >= 0.3 is 0 Å². The monoisotopic (exact) mass is 407 g/mol. The third-order valence-electron chi connectivity index (χ3n) is 6.30. The van der Waals surface area contributed by atoms with Gasteiger partial charge < -0.3 is 4.90 Å². The molecular weight excluding hydrogens is 374 g/mol. The molecule has 156 valence electrons. The summed E-state index contributed by atoms with van der Waals surface area (Å²) in [7, 11) is -3.51. The van der Waals surface area contributed by atoms with Crippen LogP contribution in [-0.4, -0.2) is 54.4 Å². The van der Waals surface area contributed by atoms with Crippen LogP contribution >= 0.6 is 0 Å². The van der Waals surface area contributed by atoms with Gasteiger partial charge in [-0.05, 0) is 51.2 Å². The minimum atomic E-state index is -3.51. The van der Waals surface area contributed by atoms with Crippen molar-refractivity contribution in [3.63, 3.8) is 0 Å². The summed E-state index contributed by atoms with van der Waals surface area (Å²) in [5, 5.41) is 3.59. The first-order valence-electron chi connectivity index (χ1n) is 10.3. The quantitative estimate of drug-likeness (QED) is 0.815. The molecule has 2 fully saturated rings. The van der Waals surface area contributed by atoms with Crippen molar-refractivity contribution in [1.29, 1.82) is 0 Å². The van der Waals surface area contributed by atoms with Gasteiger partial charge in [-0.2, -0.15) is 4.31 Å². The van der Waals surface area contributed by atoms with E-state index in [1.165, 1.54) is 0 Å². The number of hydrogen-bond acceptors (Lipinski definition) is 4. The fourth-order valence-corrected chi connectivity index (χ4v) is 5.84. The Morgan fingerprint density at radius 1 is 1.14 bits per heavy atom. The first-order valence-corrected chi connectivity index (χ1v) is 11.7. The minimum absolute atomic E-state index is 0.129. The maximum Gasteiger partial charge on any atom is 0.243 e. The Hall–Kier alpha value is -1.44. The van der Waals surface area contributed by atoms with Crippen LogP contribution in [0.5, 0.6) is 0 Å². The smallest absolute Gasteiger partial charge is 0.243 e. The zero-order valence-corrected chi connectivity index (χ0v) is 18.4. The molecule has 0 aromatic heterocycles. The summed E-state index contributed by atoms with van der Waals surface area (Å²) in [5.74, 6) is 0.354. The van der Waals surface area contributed by atoms with Crippen molar-refractivity contribution in [2.45, 2.75) is 76.5 Å². The van der Waals surface area contributed by atoms with Crippen LogP contribution in [-0.2, 0) is 14.8 Å². The largest absolute Gasteiger partial charge is 0.320 e. The maximum atomic E-state index is 13.1. The highest BCUT2D eigenvalue weighted by atomic mass is 32.2. The summed E-state index contributed by atoms with van der Waals surface area (Å²) in [5.41, 5.74) is 0.593. The SMILES string of the molecule is CC[C@H](C)N1C(=O)[C@H](C(C)C)NC12CCN(S(=O)(=O)c1ccc(C)cc1)CC2. The molecule has 2 aliphatic rings. The number of rotatable bonds is 5. The molecule has 2 atom stereocenters. The Bertz CT molecular complexity index is 812. The molecule has 0 radical (unpaired) electrons. The molecule has 1 aromatic rings. The summed E-state index contributed by atoms with van der Waals surface area (Å²) in [4.78, 5) is 15.4. The highest BCUT2D eigenvalue weighted by Crippen LogP contribution is 2.37. The number of carbonyl (C=O) groups is 1. The van der Waals surface area contributed by atoms with Crippen molar-refractivity contribution in [2.24, 2.45) is 5.92 Å². The van der Waals surface area contributed by atoms with E-state index >= 15 is 0 Å². The van der Waals surface area contributed by atoms with Crippen LogP contribution in [0.1, 0.15) is 52.5 Å². The number of amides is 1. The predicted molar refractivity (Wildman–Crippen MR) is 110 cm³/mol. The number of aryl methyl sites for hydroxylation is 1. The lowest BCUT2D eigenvalue weighted by atomic mass is 9.95. The average Bonchev–Trinajstić information content (AvgIpc) is 2.94. The Labute approximate surface area is 169 Å². The number of nitrogens with one attached hydrogen (secondary N) is 1. The lowest BCUT2D eigenvalue weighted by molar-refractivity contribution is -0.136. The van der Waals surface area contributed by atoms with Gasteiger partial charge in [0.15, 0.2) is 0 Å². The molecule has 7 heteroatoms. The number of nitrogens with zero attached hydrogens (tertiary/aromatic N) is 2. The second kappa shape index (κ2) is 7.76. The predicted octanol–water partition coefficient (Wildman–Crippen LogP) is 2.73. The standard InChI is InChI=1S/C21H33N3O3S/c1-6-17(5)24-20(25)19(15(2)3)22-21(24)11-13-23(14-12-21)28(26,27)18-9-7-16(4)8-10-18/h7-10,15,17,19,22H,6,11-14H2,1-5H3/t17-,19-/m0/s1. The van der Waals surface area contributed by atoms with Crippen LogP contribution < -0.4 is 5.32 Å². The number of piperidine rings is 1. The number of sulfonamides is 1. The van der Waals surface area contributed by atoms with Crippen LogP contribution in [0.4, 0.5) is 0 Å². The molecule has 2 aliphatic heterocycles. The van der Waals surface area contributed by atoms with E-state index in [4.69, 9.17) is 0 Å². The second-order valence-electron chi connectivity index (χ2n) is 8.58. The summed E-state index contributed by atoms with van der Waals surface area (Å²) in [6.45, 7) is 11.0. The molecule has 6 nitrogen and oxygen atoms in total. The first-order chi connectivity index (χ1) is 13.1. The molecule has 0 bridgehead atoms. The van der Waals surface area contributed by atoms with Crippen molar-refractivity contribution in [1.82, 2.24) is 14.5 Å². The van der Waals surface area contributed by atoms with Crippen LogP contribution in [0.3, 0.4) is 0 Å². The van der Waals surface area contributed by atoms with Gasteiger partial charge in [0.05, 0.1) is 16.6 Å². The van der Waals surface area contributed by atoms with Crippen molar-refractivity contribution in [3.05, 3.63) is 29.8 Å². The lowest BCUT2D eigenvalue weighted by Crippen LogP contribution is -2.61. The van der Waals surface area contributed by atoms with Gasteiger partial charge in [0.1, 0.15) is 0 Å². The van der Waals surface area contributed by atoms with E-state index in [0.29, 0.717) is 30.8 Å². The molecule has 0 unspecified atom stereocenters. The third-order valence-corrected chi connectivity index (χ3v) is 8.21. The van der Waals surface area contributed by atoms with E-state index in [9.17, 15) is 13.2 Å². The Morgan fingerprint density at radius 2 is 1.71 bits per heavy atom. The van der Waals surface area contributed by atoms with Gasteiger partial charge in [0.2, 0.25) is 15.9 Å². The minimum Gasteiger partial charge on any atom is -0.320 e. The van der Waals surface area contributed by atoms with Crippen molar-refractivity contribution in [2.75, 3.05) is 13.1 Å². The average molecular weight is 408 g/mol. The summed E-state index contributed by atoms with van der Waals surface area (Å²) in [6.07, 6.45) is 2.10. The molecule has 2 saturated heterocycles. The van der Waals surface area contributed by atoms with Gasteiger partial charge in [-0.25, -0.2) is 8.42 Å². The molecule has 0 saturated carbocycles. The van der Waals surface area contributed by atoms with Crippen LogP contribution in [0.2, 0.25) is 0 Å². The number of carbonyl (C=O) groups excluding carboxylic acids is 1. The van der Waals surface area contributed by atoms with Crippen molar-refractivity contribution in [3.8, 4) is 0 Å². The molecular formula is C21H33N3O3S. The fourth-order valence-electron chi connectivity index (χ4n) is 4.40. The van der Waals surface area contributed by atoms with Gasteiger partial charge in [-0.1, -0.05) is 38.5 Å². The normalized spacial score (nSPS) is 24.3. The Morgan fingerprint density at radius 3 is 2.21 bits per heavy atom. The van der Waals surface area contributed by atoms with E-state index in [1.807, 2.05) is 24.0 Å². The molecule has 1 N–H and O–H groups in total. The molecule has 1 spiro atoms. The second-order valence-corrected chi connectivity index (χ2v) is 10.5. The van der Waals surface area contributed by atoms with Crippen molar-refractivity contribution >= 4 is 15.9 Å². The Balaban J connectivity index is 1.82. The van der Waals surface area contributed by atoms with Crippen LogP contribution in [0, 0.1) is 12.8 Å². The first kappa shape index (κ1) is 21.3. The molecule has 3 rings (SSSR count). The zero-order valence-electron chi connectivity index (χ0n) is 17.6. The van der Waals surface area contributed by atoms with Crippen LogP contribution in [0.25, 0.3) is 0 Å². The lowest BCUT2D eigenvalue weighted by Gasteiger charge is -2.46. The Kier molecular flexibility index (Phi) is 5.90. The number of hydrogen-bond donors (Lipinski definition) is 1. The third kappa shape index (κ3) is 3.60. The molecule has 1 aromatic carbocycles. The molecule has 0 aliphatic carbocycles. The summed E-state index contributed by atoms with van der Waals surface area (Å²) >= 11 is 0. The molecule has 2 heterocycles. The van der Waals surface area contributed by atoms with E-state index < -0.39 is 15.7 Å². The van der Waals surface area contributed by atoms with Crippen molar-refractivity contribution < 1.29 is 13.2 Å². The van der Waals surface area contributed by atoms with Crippen LogP contribution in [0.15, 0.2) is 29.2 Å². The molecule has 1 amide bonds. The zero-order chi connectivity index (χ0) is 20.7. The highest BCUT2D eigenvalue weighted by molar-refractivity contribution is 7.89. The maximum absolute atomic E-state index is 13.1. The fraction of sp³-hybridized carbons (Fsp3) is 0.667. The van der Waals surface area contributed by atoms with E-state index in [0.717, 1.165) is 12.0 Å². The van der Waals surface area contributed by atoms with E-state index in [1.54, 1.807) is 16.4 Å². The summed E-state index contributed by atoms with van der Waals surface area (Å²) < 4.78 is 27.6. The van der Waals surface area contributed by atoms with E-state index in [2.05, 4.69) is 33.0 Å². The molecule has 28 heavy (non-hydrogen) atoms.